The lowest BCUT2D eigenvalue weighted by Crippen LogP contribution is -2.40. The predicted molar refractivity (Wildman–Crippen MR) is 125 cm³/mol. The number of amides is 1. The maximum Gasteiger partial charge on any atom is 0.251 e. The van der Waals surface area contributed by atoms with E-state index in [1.807, 2.05) is 32.1 Å². The van der Waals surface area contributed by atoms with Crippen LogP contribution in [0.3, 0.4) is 0 Å². The summed E-state index contributed by atoms with van der Waals surface area (Å²) in [5.41, 5.74) is 1.66. The van der Waals surface area contributed by atoms with Crippen molar-refractivity contribution in [3.05, 3.63) is 45.0 Å². The van der Waals surface area contributed by atoms with Gasteiger partial charge in [0, 0.05) is 48.0 Å². The summed E-state index contributed by atoms with van der Waals surface area (Å²) >= 11 is 9.36. The minimum atomic E-state index is -0.0636. The average Bonchev–Trinajstić information content (AvgIpc) is 2.66. The highest BCUT2D eigenvalue weighted by Gasteiger charge is 2.23. The molecular weight excluding hydrogens is 477 g/mol. The molecule has 0 saturated heterocycles. The Balaban J connectivity index is 0.00000300. The fraction of sp³-hybridized carbons (Fsp3) is 0.450. The topological polar surface area (TPSA) is 70.1 Å². The molecule has 0 unspecified atom stereocenters. The Morgan fingerprint density at radius 3 is 2.48 bits per heavy atom. The summed E-state index contributed by atoms with van der Waals surface area (Å²) in [5.74, 6) is 1.52. The molecule has 1 aromatic carbocycles. The summed E-state index contributed by atoms with van der Waals surface area (Å²) in [5, 5.41) is 7.17. The predicted octanol–water partition coefficient (Wildman–Crippen LogP) is 4.84. The van der Waals surface area contributed by atoms with Crippen LogP contribution in [0.4, 0.5) is 11.8 Å². The molecule has 29 heavy (non-hydrogen) atoms. The number of aromatic nitrogens is 2. The van der Waals surface area contributed by atoms with E-state index >= 15 is 0 Å². The van der Waals surface area contributed by atoms with E-state index in [-0.39, 0.29) is 24.4 Å². The lowest BCUT2D eigenvalue weighted by Gasteiger charge is -2.30. The first-order chi connectivity index (χ1) is 13.3. The van der Waals surface area contributed by atoms with Crippen LogP contribution in [0.25, 0.3) is 0 Å². The molecule has 0 aliphatic heterocycles. The highest BCUT2D eigenvalue weighted by Crippen LogP contribution is 2.25. The van der Waals surface area contributed by atoms with Crippen molar-refractivity contribution in [2.45, 2.75) is 44.7 Å². The van der Waals surface area contributed by atoms with Crippen molar-refractivity contribution < 1.29 is 4.79 Å². The number of aryl methyl sites for hydroxylation is 1. The fourth-order valence-electron chi connectivity index (χ4n) is 3.43. The fourth-order valence-corrected chi connectivity index (χ4v) is 3.92. The van der Waals surface area contributed by atoms with Crippen LogP contribution < -0.4 is 15.5 Å². The molecule has 1 aliphatic rings. The second-order valence-electron chi connectivity index (χ2n) is 7.39. The second-order valence-corrected chi connectivity index (χ2v) is 8.65. The molecule has 0 radical (unpaired) electrons. The van der Waals surface area contributed by atoms with E-state index in [4.69, 9.17) is 11.6 Å². The molecule has 1 aromatic heterocycles. The van der Waals surface area contributed by atoms with Crippen molar-refractivity contribution in [3.63, 3.8) is 0 Å². The molecule has 1 fully saturated rings. The molecule has 158 valence electrons. The minimum absolute atomic E-state index is 0. The lowest BCUT2D eigenvalue weighted by atomic mass is 9.91. The van der Waals surface area contributed by atoms with Crippen LogP contribution >= 0.6 is 39.9 Å². The van der Waals surface area contributed by atoms with Gasteiger partial charge >= 0.3 is 0 Å². The first-order valence-corrected chi connectivity index (χ1v) is 10.5. The van der Waals surface area contributed by atoms with Gasteiger partial charge in [0.2, 0.25) is 5.95 Å². The van der Waals surface area contributed by atoms with Crippen molar-refractivity contribution in [3.8, 4) is 0 Å². The zero-order valence-electron chi connectivity index (χ0n) is 16.7. The van der Waals surface area contributed by atoms with Gasteiger partial charge in [-0.15, -0.1) is 12.4 Å². The van der Waals surface area contributed by atoms with Gasteiger partial charge in [-0.05, 0) is 66.7 Å². The molecule has 2 N–H and O–H groups in total. The van der Waals surface area contributed by atoms with Gasteiger partial charge in [0.05, 0.1) is 5.02 Å². The Labute approximate surface area is 191 Å². The van der Waals surface area contributed by atoms with Gasteiger partial charge < -0.3 is 15.5 Å². The molecular formula is C20H26BrCl2N5O. The quantitative estimate of drug-likeness (QED) is 0.612. The third kappa shape index (κ3) is 6.20. The molecule has 9 heteroatoms. The number of rotatable bonds is 5. The molecule has 0 bridgehead atoms. The molecule has 1 saturated carbocycles. The monoisotopic (exact) mass is 501 g/mol. The molecule has 0 spiro atoms. The summed E-state index contributed by atoms with van der Waals surface area (Å²) in [6.07, 6.45) is 5.61. The zero-order chi connectivity index (χ0) is 20.3. The van der Waals surface area contributed by atoms with Crippen LogP contribution in [0.5, 0.6) is 0 Å². The second kappa shape index (κ2) is 10.5. The van der Waals surface area contributed by atoms with Crippen molar-refractivity contribution in [1.29, 1.82) is 0 Å². The van der Waals surface area contributed by atoms with E-state index in [1.165, 1.54) is 0 Å². The Kier molecular flexibility index (Phi) is 8.55. The van der Waals surface area contributed by atoms with Gasteiger partial charge in [-0.3, -0.25) is 4.79 Å². The van der Waals surface area contributed by atoms with Crippen LogP contribution in [0, 0.1) is 6.92 Å². The molecule has 0 atom stereocenters. The number of benzene rings is 1. The van der Waals surface area contributed by atoms with E-state index in [0.29, 0.717) is 22.6 Å². The number of nitrogens with zero attached hydrogens (tertiary/aromatic N) is 3. The van der Waals surface area contributed by atoms with Crippen LogP contribution in [-0.2, 0) is 0 Å². The molecule has 3 rings (SSSR count). The third-order valence-corrected chi connectivity index (χ3v) is 6.16. The minimum Gasteiger partial charge on any atom is -0.362 e. The number of anilines is 2. The van der Waals surface area contributed by atoms with E-state index in [0.717, 1.165) is 41.5 Å². The maximum absolute atomic E-state index is 12.5. The van der Waals surface area contributed by atoms with Gasteiger partial charge in [0.25, 0.3) is 5.91 Å². The highest BCUT2D eigenvalue weighted by molar-refractivity contribution is 9.10. The number of carbonyl (C=O) groups is 1. The molecule has 1 amide bonds. The van der Waals surface area contributed by atoms with Crippen molar-refractivity contribution in [1.82, 2.24) is 15.3 Å². The maximum atomic E-state index is 12.5. The SMILES string of the molecule is Cc1cnc(NC2CCC(NC(=O)c3ccc(Cl)c(Br)c3)CC2)nc1N(C)C.Cl. The Morgan fingerprint density at radius 1 is 1.21 bits per heavy atom. The van der Waals surface area contributed by atoms with Gasteiger partial charge in [0.1, 0.15) is 5.82 Å². The summed E-state index contributed by atoms with van der Waals surface area (Å²) in [6.45, 7) is 2.01. The molecule has 1 aliphatic carbocycles. The average molecular weight is 503 g/mol. The first-order valence-electron chi connectivity index (χ1n) is 9.37. The summed E-state index contributed by atoms with van der Waals surface area (Å²) in [6, 6.07) is 5.71. The van der Waals surface area contributed by atoms with Crippen LogP contribution in [0.2, 0.25) is 5.02 Å². The van der Waals surface area contributed by atoms with Gasteiger partial charge in [-0.1, -0.05) is 11.6 Å². The number of carbonyl (C=O) groups excluding carboxylic acids is 1. The van der Waals surface area contributed by atoms with E-state index < -0.39 is 0 Å². The standard InChI is InChI=1S/C20H25BrClN5O.ClH/c1-12-11-23-20(26-18(12)27(2)3)25-15-7-5-14(6-8-15)24-19(28)13-4-9-17(22)16(21)10-13;/h4,9-11,14-15H,5-8H2,1-3H3,(H,24,28)(H,23,25,26);1H. The summed E-state index contributed by atoms with van der Waals surface area (Å²) in [7, 11) is 3.96. The number of hydrogen-bond donors (Lipinski definition) is 2. The van der Waals surface area contributed by atoms with E-state index in [1.54, 1.807) is 18.2 Å². The number of halogens is 3. The summed E-state index contributed by atoms with van der Waals surface area (Å²) in [4.78, 5) is 23.5. The smallest absolute Gasteiger partial charge is 0.251 e. The normalized spacial score (nSPS) is 18.5. The van der Waals surface area contributed by atoms with Gasteiger partial charge in [-0.2, -0.15) is 4.98 Å². The van der Waals surface area contributed by atoms with Crippen molar-refractivity contribution in [2.24, 2.45) is 0 Å². The van der Waals surface area contributed by atoms with Crippen molar-refractivity contribution >= 4 is 57.6 Å². The molecule has 2 aromatic rings. The Morgan fingerprint density at radius 2 is 1.86 bits per heavy atom. The largest absolute Gasteiger partial charge is 0.362 e. The summed E-state index contributed by atoms with van der Waals surface area (Å²) < 4.78 is 0.727. The van der Waals surface area contributed by atoms with Crippen LogP contribution in [0.1, 0.15) is 41.6 Å². The first kappa shape index (κ1) is 23.7. The van der Waals surface area contributed by atoms with Gasteiger partial charge in [0.15, 0.2) is 0 Å². The van der Waals surface area contributed by atoms with Gasteiger partial charge in [-0.25, -0.2) is 4.98 Å². The molecule has 6 nitrogen and oxygen atoms in total. The van der Waals surface area contributed by atoms with Crippen LogP contribution in [0.15, 0.2) is 28.9 Å². The zero-order valence-corrected chi connectivity index (χ0v) is 19.9. The van der Waals surface area contributed by atoms with Crippen LogP contribution in [-0.4, -0.2) is 42.1 Å². The third-order valence-electron chi connectivity index (χ3n) is 4.95. The van der Waals surface area contributed by atoms with Crippen molar-refractivity contribution in [2.75, 3.05) is 24.3 Å². The molecule has 1 heterocycles. The Bertz CT molecular complexity index is 857. The van der Waals surface area contributed by atoms with E-state index in [9.17, 15) is 4.79 Å². The highest BCUT2D eigenvalue weighted by atomic mass is 79.9. The Hall–Kier alpha value is -1.57. The number of hydrogen-bond acceptors (Lipinski definition) is 5. The van der Waals surface area contributed by atoms with E-state index in [2.05, 4.69) is 36.5 Å². The lowest BCUT2D eigenvalue weighted by molar-refractivity contribution is 0.0926. The number of nitrogens with one attached hydrogen (secondary N) is 2.